The van der Waals surface area contributed by atoms with Crippen LogP contribution in [0.4, 0.5) is 0 Å². The summed E-state index contributed by atoms with van der Waals surface area (Å²) in [6, 6.07) is 7.85. The van der Waals surface area contributed by atoms with Gasteiger partial charge in [-0.05, 0) is 31.4 Å². The van der Waals surface area contributed by atoms with E-state index in [4.69, 9.17) is 0 Å². The summed E-state index contributed by atoms with van der Waals surface area (Å²) in [4.78, 5) is 11.9. The Labute approximate surface area is 91.7 Å². The fourth-order valence-electron chi connectivity index (χ4n) is 1.28. The first-order valence-corrected chi connectivity index (χ1v) is 5.39. The molecule has 0 spiro atoms. The molecule has 0 aromatic heterocycles. The lowest BCUT2D eigenvalue weighted by Gasteiger charge is -2.18. The van der Waals surface area contributed by atoms with Crippen LogP contribution in [0.5, 0.6) is 0 Å². The number of nitrogens with one attached hydrogen (secondary N) is 1. The lowest BCUT2D eigenvalue weighted by molar-refractivity contribution is 0.0930. The zero-order valence-corrected chi connectivity index (χ0v) is 9.87. The van der Waals surface area contributed by atoms with Crippen molar-refractivity contribution in [3.05, 3.63) is 35.4 Å². The smallest absolute Gasteiger partial charge is 0.251 e. The van der Waals surface area contributed by atoms with E-state index in [2.05, 4.69) is 19.2 Å². The maximum atomic E-state index is 11.9. The molecule has 82 valence electrons. The minimum absolute atomic E-state index is 0.0225. The summed E-state index contributed by atoms with van der Waals surface area (Å²) in [5.41, 5.74) is 1.79. The molecule has 0 saturated heterocycles. The minimum Gasteiger partial charge on any atom is -0.349 e. The fourth-order valence-corrected chi connectivity index (χ4v) is 1.28. The molecule has 0 saturated carbocycles. The van der Waals surface area contributed by atoms with Gasteiger partial charge >= 0.3 is 0 Å². The maximum absolute atomic E-state index is 11.9. The first-order valence-electron chi connectivity index (χ1n) is 5.39. The minimum atomic E-state index is 0.0225. The van der Waals surface area contributed by atoms with E-state index in [1.807, 2.05) is 38.1 Å². The Morgan fingerprint density at radius 1 is 1.20 bits per heavy atom. The molecule has 1 N–H and O–H groups in total. The number of hydrogen-bond donors (Lipinski definition) is 1. The van der Waals surface area contributed by atoms with Crippen LogP contribution in [-0.4, -0.2) is 11.9 Å². The molecule has 0 heterocycles. The Kier molecular flexibility index (Phi) is 3.89. The fraction of sp³-hybridized carbons (Fsp3) is 0.462. The van der Waals surface area contributed by atoms with Gasteiger partial charge in [-0.25, -0.2) is 0 Å². The Bertz CT molecular complexity index is 344. The first kappa shape index (κ1) is 11.8. The van der Waals surface area contributed by atoms with Gasteiger partial charge in [-0.1, -0.05) is 32.0 Å². The number of rotatable bonds is 3. The van der Waals surface area contributed by atoms with Crippen molar-refractivity contribution in [3.63, 3.8) is 0 Å². The molecule has 1 rings (SSSR count). The van der Waals surface area contributed by atoms with Gasteiger partial charge in [0, 0.05) is 11.6 Å². The lowest BCUT2D eigenvalue weighted by Crippen LogP contribution is -2.36. The van der Waals surface area contributed by atoms with Crippen molar-refractivity contribution in [2.45, 2.75) is 33.7 Å². The molecule has 0 aliphatic rings. The average molecular weight is 205 g/mol. The van der Waals surface area contributed by atoms with Crippen molar-refractivity contribution in [2.24, 2.45) is 5.92 Å². The van der Waals surface area contributed by atoms with Crippen LogP contribution in [0.15, 0.2) is 24.3 Å². The van der Waals surface area contributed by atoms with Crippen molar-refractivity contribution >= 4 is 5.91 Å². The molecule has 1 unspecified atom stereocenters. The Morgan fingerprint density at radius 2 is 1.80 bits per heavy atom. The molecular weight excluding hydrogens is 186 g/mol. The average Bonchev–Trinajstić information content (AvgIpc) is 2.18. The van der Waals surface area contributed by atoms with Crippen LogP contribution in [-0.2, 0) is 0 Å². The molecule has 1 amide bonds. The van der Waals surface area contributed by atoms with Crippen LogP contribution in [0.25, 0.3) is 0 Å². The Morgan fingerprint density at radius 3 is 2.33 bits per heavy atom. The second-order valence-electron chi connectivity index (χ2n) is 4.32. The van der Waals surface area contributed by atoms with E-state index in [0.29, 0.717) is 5.92 Å². The first-order chi connectivity index (χ1) is 7.02. The van der Waals surface area contributed by atoms with Crippen molar-refractivity contribution in [3.8, 4) is 0 Å². The zero-order chi connectivity index (χ0) is 11.4. The van der Waals surface area contributed by atoms with E-state index in [1.54, 1.807) is 0 Å². The number of carbonyl (C=O) groups is 1. The number of amides is 1. The van der Waals surface area contributed by atoms with Gasteiger partial charge in [-0.3, -0.25) is 4.79 Å². The van der Waals surface area contributed by atoms with Gasteiger partial charge in [0.1, 0.15) is 0 Å². The van der Waals surface area contributed by atoms with Crippen LogP contribution in [0.3, 0.4) is 0 Å². The molecule has 0 aliphatic carbocycles. The summed E-state index contributed by atoms with van der Waals surface area (Å²) >= 11 is 0. The van der Waals surface area contributed by atoms with Crippen molar-refractivity contribution in [1.29, 1.82) is 0 Å². The standard InChI is InChI=1S/C13H19NO/c1-9(2)11(4)14-13(15)12-8-6-5-7-10(12)3/h5-9,11H,1-4H3,(H,14,15). The van der Waals surface area contributed by atoms with Gasteiger partial charge in [0.2, 0.25) is 0 Å². The largest absolute Gasteiger partial charge is 0.349 e. The van der Waals surface area contributed by atoms with Gasteiger partial charge in [-0.2, -0.15) is 0 Å². The third-order valence-electron chi connectivity index (χ3n) is 2.75. The molecule has 1 aromatic rings. The molecule has 0 radical (unpaired) electrons. The molecule has 1 aromatic carbocycles. The number of carbonyl (C=O) groups excluding carboxylic acids is 1. The van der Waals surface area contributed by atoms with E-state index < -0.39 is 0 Å². The van der Waals surface area contributed by atoms with Gasteiger partial charge in [-0.15, -0.1) is 0 Å². The normalized spacial score (nSPS) is 12.6. The molecule has 0 aliphatic heterocycles. The highest BCUT2D eigenvalue weighted by Gasteiger charge is 2.13. The van der Waals surface area contributed by atoms with Crippen molar-refractivity contribution in [2.75, 3.05) is 0 Å². The van der Waals surface area contributed by atoms with E-state index in [-0.39, 0.29) is 11.9 Å². The predicted octanol–water partition coefficient (Wildman–Crippen LogP) is 2.77. The molecular formula is C13H19NO. The summed E-state index contributed by atoms with van der Waals surface area (Å²) in [6.45, 7) is 8.18. The van der Waals surface area contributed by atoms with Gasteiger partial charge in [0.05, 0.1) is 0 Å². The maximum Gasteiger partial charge on any atom is 0.251 e. The quantitative estimate of drug-likeness (QED) is 0.807. The van der Waals surface area contributed by atoms with Crippen LogP contribution < -0.4 is 5.32 Å². The predicted molar refractivity (Wildman–Crippen MR) is 62.9 cm³/mol. The monoisotopic (exact) mass is 205 g/mol. The zero-order valence-electron chi connectivity index (χ0n) is 9.87. The third-order valence-corrected chi connectivity index (χ3v) is 2.75. The molecule has 2 nitrogen and oxygen atoms in total. The van der Waals surface area contributed by atoms with Crippen LogP contribution >= 0.6 is 0 Å². The lowest BCUT2D eigenvalue weighted by atomic mass is 10.0. The van der Waals surface area contributed by atoms with Gasteiger partial charge in [0.15, 0.2) is 0 Å². The highest BCUT2D eigenvalue weighted by Crippen LogP contribution is 2.08. The SMILES string of the molecule is Cc1ccccc1C(=O)NC(C)C(C)C. The molecule has 15 heavy (non-hydrogen) atoms. The van der Waals surface area contributed by atoms with E-state index in [9.17, 15) is 4.79 Å². The Hall–Kier alpha value is -1.31. The third kappa shape index (κ3) is 3.08. The van der Waals surface area contributed by atoms with Crippen LogP contribution in [0.2, 0.25) is 0 Å². The van der Waals surface area contributed by atoms with Crippen LogP contribution in [0, 0.1) is 12.8 Å². The summed E-state index contributed by atoms with van der Waals surface area (Å²) in [5.74, 6) is 0.479. The molecule has 0 bridgehead atoms. The highest BCUT2D eigenvalue weighted by atomic mass is 16.1. The highest BCUT2D eigenvalue weighted by molar-refractivity contribution is 5.95. The summed E-state index contributed by atoms with van der Waals surface area (Å²) in [6.07, 6.45) is 0. The van der Waals surface area contributed by atoms with E-state index in [1.165, 1.54) is 0 Å². The second-order valence-corrected chi connectivity index (χ2v) is 4.32. The number of aryl methyl sites for hydroxylation is 1. The van der Waals surface area contributed by atoms with Gasteiger partial charge < -0.3 is 5.32 Å². The summed E-state index contributed by atoms with van der Waals surface area (Å²) in [7, 11) is 0. The molecule has 0 fully saturated rings. The Balaban J connectivity index is 2.74. The topological polar surface area (TPSA) is 29.1 Å². The van der Waals surface area contributed by atoms with E-state index in [0.717, 1.165) is 11.1 Å². The van der Waals surface area contributed by atoms with Crippen molar-refractivity contribution in [1.82, 2.24) is 5.32 Å². The van der Waals surface area contributed by atoms with Gasteiger partial charge in [0.25, 0.3) is 5.91 Å². The summed E-state index contributed by atoms with van der Waals surface area (Å²) in [5, 5.41) is 3.00. The van der Waals surface area contributed by atoms with Crippen molar-refractivity contribution < 1.29 is 4.79 Å². The summed E-state index contributed by atoms with van der Waals surface area (Å²) < 4.78 is 0. The molecule has 2 heteroatoms. The van der Waals surface area contributed by atoms with E-state index >= 15 is 0 Å². The second kappa shape index (κ2) is 4.96. The molecule has 1 atom stereocenters. The number of benzene rings is 1. The number of hydrogen-bond acceptors (Lipinski definition) is 1. The van der Waals surface area contributed by atoms with Crippen LogP contribution in [0.1, 0.15) is 36.7 Å².